The first-order valence-electron chi connectivity index (χ1n) is 6.21. The highest BCUT2D eigenvalue weighted by Gasteiger charge is 1.90. The molecule has 0 saturated heterocycles. The van der Waals surface area contributed by atoms with Crippen molar-refractivity contribution in [2.24, 2.45) is 0 Å². The topological polar surface area (TPSA) is 0 Å². The summed E-state index contributed by atoms with van der Waals surface area (Å²) in [6.45, 7) is 2.27. The molecule has 0 amide bonds. The van der Waals surface area contributed by atoms with Gasteiger partial charge in [-0.1, -0.05) is 70.2 Å². The van der Waals surface area contributed by atoms with Crippen LogP contribution in [0.1, 0.15) is 71.1 Å². The fourth-order valence-corrected chi connectivity index (χ4v) is 1.80. The quantitative estimate of drug-likeness (QED) is 0.315. The second kappa shape index (κ2) is 13.2. The Balaban J connectivity index is 2.85. The van der Waals surface area contributed by atoms with E-state index in [0.717, 1.165) is 0 Å². The molecule has 0 heterocycles. The zero-order valence-corrected chi connectivity index (χ0v) is 10.6. The summed E-state index contributed by atoms with van der Waals surface area (Å²) in [5.74, 6) is 1.85. The highest BCUT2D eigenvalue weighted by molar-refractivity contribution is 7.20. The number of unbranched alkanes of at least 4 members (excludes halogenated alkanes) is 9. The number of hydrogen-bond acceptors (Lipinski definition) is 0. The van der Waals surface area contributed by atoms with Crippen molar-refractivity contribution in [3.05, 3.63) is 11.9 Å². The summed E-state index contributed by atoms with van der Waals surface area (Å²) in [7, 11) is 4.03. The normalized spacial score (nSPS) is 11.3. The molecule has 0 aromatic heterocycles. The van der Waals surface area contributed by atoms with E-state index < -0.39 is 0 Å². The molecule has 0 aromatic rings. The molecule has 0 aliphatic carbocycles. The van der Waals surface area contributed by atoms with Gasteiger partial charge in [-0.15, -0.1) is 0 Å². The Kier molecular flexibility index (Phi) is 13.3. The summed E-state index contributed by atoms with van der Waals surface area (Å²) in [5, 5.41) is 0. The molecular weight excluding hydrogens is 187 g/mol. The van der Waals surface area contributed by atoms with E-state index in [0.29, 0.717) is 0 Å². The molecule has 0 aliphatic heterocycles. The second-order valence-electron chi connectivity index (χ2n) is 4.00. The number of hydrogen-bond donors (Lipinski definition) is 0. The van der Waals surface area contributed by atoms with E-state index in [1.165, 1.54) is 64.2 Å². The van der Waals surface area contributed by atoms with E-state index in [-0.39, 0.29) is 0 Å². The van der Waals surface area contributed by atoms with E-state index >= 15 is 0 Å². The average Bonchev–Trinajstić information content (AvgIpc) is 2.21. The Morgan fingerprint density at radius 3 is 1.79 bits per heavy atom. The molecule has 0 N–H and O–H groups in total. The van der Waals surface area contributed by atoms with Gasteiger partial charge in [0.25, 0.3) is 0 Å². The highest BCUT2D eigenvalue weighted by Crippen LogP contribution is 2.10. The predicted octanol–water partition coefficient (Wildman–Crippen LogP) is 5.83. The molecule has 0 aromatic carbocycles. The van der Waals surface area contributed by atoms with E-state index in [9.17, 15) is 0 Å². The molecule has 0 saturated carbocycles. The van der Waals surface area contributed by atoms with Crippen LogP contribution < -0.4 is 0 Å². The minimum absolute atomic E-state index is 1.21. The van der Waals surface area contributed by atoms with Gasteiger partial charge in [-0.2, -0.15) is 0 Å². The van der Waals surface area contributed by atoms with Crippen LogP contribution in [0, 0.1) is 0 Å². The van der Waals surface area contributed by atoms with Crippen molar-refractivity contribution in [1.29, 1.82) is 0 Å². The van der Waals surface area contributed by atoms with Crippen molar-refractivity contribution >= 4 is 9.24 Å². The standard InChI is InChI=1S/C13H25P/c1-2-3-4-5-6-7-8-9-10-11-12-13-14/h12-13H,2-11H2,1H3/b13-12+. The molecule has 82 valence electrons. The van der Waals surface area contributed by atoms with Gasteiger partial charge in [-0.05, 0) is 22.1 Å². The summed E-state index contributed by atoms with van der Waals surface area (Å²) in [4.78, 5) is 0. The molecule has 14 heavy (non-hydrogen) atoms. The lowest BCUT2D eigenvalue weighted by Gasteiger charge is -2.00. The Bertz CT molecular complexity index is 118. The summed E-state index contributed by atoms with van der Waals surface area (Å²) in [6.07, 6.45) is 16.1. The third kappa shape index (κ3) is 12.2. The first-order chi connectivity index (χ1) is 6.91. The maximum absolute atomic E-state index is 4.03. The third-order valence-corrected chi connectivity index (χ3v) is 2.79. The third-order valence-electron chi connectivity index (χ3n) is 2.58. The van der Waals surface area contributed by atoms with E-state index in [1.807, 2.05) is 5.82 Å². The van der Waals surface area contributed by atoms with Crippen molar-refractivity contribution in [3.8, 4) is 0 Å². The average molecular weight is 212 g/mol. The fraction of sp³-hybridized carbons (Fsp3) is 0.846. The Morgan fingerprint density at radius 1 is 0.786 bits per heavy atom. The van der Waals surface area contributed by atoms with Crippen LogP contribution in [-0.2, 0) is 0 Å². The molecule has 2 radical (unpaired) electrons. The molecule has 0 aliphatic rings. The van der Waals surface area contributed by atoms with Gasteiger partial charge in [0.1, 0.15) is 0 Å². The van der Waals surface area contributed by atoms with Gasteiger partial charge in [0.15, 0.2) is 0 Å². The molecule has 1 heteroatoms. The lowest BCUT2D eigenvalue weighted by atomic mass is 10.1. The zero-order chi connectivity index (χ0) is 10.5. The lowest BCUT2D eigenvalue weighted by Crippen LogP contribution is -1.80. The van der Waals surface area contributed by atoms with Crippen LogP contribution in [0.2, 0.25) is 0 Å². The molecule has 0 atom stereocenters. The molecule has 0 nitrogen and oxygen atoms in total. The van der Waals surface area contributed by atoms with Crippen LogP contribution in [0.15, 0.2) is 11.9 Å². The molecule has 0 unspecified atom stereocenters. The Labute approximate surface area is 92.8 Å². The maximum atomic E-state index is 4.03. The molecule has 0 rings (SSSR count). The first kappa shape index (κ1) is 14.2. The van der Waals surface area contributed by atoms with Crippen LogP contribution >= 0.6 is 9.24 Å². The molecule has 0 spiro atoms. The van der Waals surface area contributed by atoms with Crippen LogP contribution in [0.3, 0.4) is 0 Å². The maximum Gasteiger partial charge on any atom is -0.0146 e. The summed E-state index contributed by atoms with van der Waals surface area (Å²) < 4.78 is 0. The predicted molar refractivity (Wildman–Crippen MR) is 67.9 cm³/mol. The van der Waals surface area contributed by atoms with Gasteiger partial charge in [0.2, 0.25) is 0 Å². The van der Waals surface area contributed by atoms with E-state index in [2.05, 4.69) is 22.2 Å². The van der Waals surface area contributed by atoms with E-state index in [1.54, 1.807) is 0 Å². The highest BCUT2D eigenvalue weighted by atomic mass is 31.0. The Morgan fingerprint density at radius 2 is 1.29 bits per heavy atom. The van der Waals surface area contributed by atoms with Crippen molar-refractivity contribution in [1.82, 2.24) is 0 Å². The minimum Gasteiger partial charge on any atom is -0.0834 e. The summed E-state index contributed by atoms with van der Waals surface area (Å²) in [6, 6.07) is 0. The monoisotopic (exact) mass is 212 g/mol. The molecule has 0 bridgehead atoms. The summed E-state index contributed by atoms with van der Waals surface area (Å²) in [5.41, 5.74) is 0. The second-order valence-corrected chi connectivity index (χ2v) is 4.30. The largest absolute Gasteiger partial charge is 0.0834 e. The fourth-order valence-electron chi connectivity index (χ4n) is 1.65. The van der Waals surface area contributed by atoms with Crippen molar-refractivity contribution in [2.75, 3.05) is 0 Å². The molecule has 0 fully saturated rings. The van der Waals surface area contributed by atoms with Crippen LogP contribution in [0.5, 0.6) is 0 Å². The van der Waals surface area contributed by atoms with Gasteiger partial charge in [-0.25, -0.2) is 0 Å². The van der Waals surface area contributed by atoms with Crippen LogP contribution in [0.4, 0.5) is 0 Å². The smallest absolute Gasteiger partial charge is 0.0146 e. The first-order valence-corrected chi connectivity index (χ1v) is 6.72. The Hall–Kier alpha value is 0.170. The SMILES string of the molecule is CCCCCCCCCCC/C=C/[P]. The van der Waals surface area contributed by atoms with Crippen molar-refractivity contribution < 1.29 is 0 Å². The van der Waals surface area contributed by atoms with Gasteiger partial charge >= 0.3 is 0 Å². The van der Waals surface area contributed by atoms with Crippen LogP contribution in [0.25, 0.3) is 0 Å². The van der Waals surface area contributed by atoms with Gasteiger partial charge in [-0.3, -0.25) is 0 Å². The molecular formula is C13H25P. The van der Waals surface area contributed by atoms with Gasteiger partial charge in [0, 0.05) is 0 Å². The lowest BCUT2D eigenvalue weighted by molar-refractivity contribution is 0.566. The minimum atomic E-state index is 1.21. The van der Waals surface area contributed by atoms with Gasteiger partial charge in [0.05, 0.1) is 0 Å². The van der Waals surface area contributed by atoms with Crippen molar-refractivity contribution in [3.63, 3.8) is 0 Å². The zero-order valence-electron chi connectivity index (χ0n) is 9.67. The van der Waals surface area contributed by atoms with Gasteiger partial charge < -0.3 is 0 Å². The van der Waals surface area contributed by atoms with E-state index in [4.69, 9.17) is 0 Å². The van der Waals surface area contributed by atoms with Crippen LogP contribution in [-0.4, -0.2) is 0 Å². The number of allylic oxidation sites excluding steroid dienone is 1. The van der Waals surface area contributed by atoms with Crippen molar-refractivity contribution in [2.45, 2.75) is 71.1 Å². The summed E-state index contributed by atoms with van der Waals surface area (Å²) >= 11 is 0. The number of rotatable bonds is 10.